The molecule has 0 aliphatic carbocycles. The number of hydrogen-bond acceptors (Lipinski definition) is 3. The molecule has 3 rings (SSSR count). The van der Waals surface area contributed by atoms with E-state index in [1.54, 1.807) is 0 Å². The molecule has 2 aliphatic rings. The van der Waals surface area contributed by atoms with Crippen LogP contribution in [0.1, 0.15) is 31.7 Å². The van der Waals surface area contributed by atoms with Crippen LogP contribution in [-0.2, 0) is 15.1 Å². The Morgan fingerprint density at radius 3 is 2.83 bits per heavy atom. The number of amides is 3. The third-order valence-electron chi connectivity index (χ3n) is 4.40. The van der Waals surface area contributed by atoms with Gasteiger partial charge in [0.25, 0.3) is 5.91 Å². The molecule has 0 radical (unpaired) electrons. The highest BCUT2D eigenvalue weighted by Gasteiger charge is 2.50. The largest absolute Gasteiger partial charge is 0.376 e. The highest BCUT2D eigenvalue weighted by atomic mass is 19.1. The van der Waals surface area contributed by atoms with Gasteiger partial charge in [-0.2, -0.15) is 0 Å². The monoisotopic (exact) mass is 324 g/mol. The number of nitrogens with zero attached hydrogens (tertiary/aromatic N) is 1. The molecule has 0 aromatic heterocycles. The van der Waals surface area contributed by atoms with E-state index in [0.717, 1.165) is 42.4 Å². The summed E-state index contributed by atoms with van der Waals surface area (Å²) < 4.78 is 33.0. The molecule has 2 atom stereocenters. The van der Waals surface area contributed by atoms with Crippen LogP contribution in [-0.4, -0.2) is 36.1 Å². The fourth-order valence-corrected chi connectivity index (χ4v) is 3.08. The second kappa shape index (κ2) is 5.88. The van der Waals surface area contributed by atoms with Gasteiger partial charge in [-0.3, -0.25) is 9.69 Å². The van der Waals surface area contributed by atoms with E-state index < -0.39 is 29.1 Å². The summed E-state index contributed by atoms with van der Waals surface area (Å²) in [5.74, 6) is -2.00. The van der Waals surface area contributed by atoms with Gasteiger partial charge < -0.3 is 10.1 Å². The third-order valence-corrected chi connectivity index (χ3v) is 4.40. The first kappa shape index (κ1) is 15.9. The Morgan fingerprint density at radius 1 is 1.35 bits per heavy atom. The molecule has 2 aliphatic heterocycles. The summed E-state index contributed by atoms with van der Waals surface area (Å²) in [7, 11) is 0. The van der Waals surface area contributed by atoms with Crippen LogP contribution >= 0.6 is 0 Å². The lowest BCUT2D eigenvalue weighted by Crippen LogP contribution is -2.43. The van der Waals surface area contributed by atoms with Crippen molar-refractivity contribution in [3.05, 3.63) is 35.4 Å². The van der Waals surface area contributed by atoms with Crippen molar-refractivity contribution in [2.24, 2.45) is 0 Å². The van der Waals surface area contributed by atoms with Gasteiger partial charge in [-0.05, 0) is 44.4 Å². The molecule has 2 saturated heterocycles. The number of halogens is 2. The van der Waals surface area contributed by atoms with Crippen LogP contribution in [0.15, 0.2) is 18.2 Å². The maximum absolute atomic E-state index is 14.0. The smallest absolute Gasteiger partial charge is 0.325 e. The van der Waals surface area contributed by atoms with Crippen molar-refractivity contribution in [3.63, 3.8) is 0 Å². The number of carbonyl (C=O) groups excluding carboxylic acids is 2. The van der Waals surface area contributed by atoms with Crippen LogP contribution in [0.25, 0.3) is 0 Å². The van der Waals surface area contributed by atoms with Gasteiger partial charge in [0.2, 0.25) is 0 Å². The highest BCUT2D eigenvalue weighted by molar-refractivity contribution is 6.07. The minimum absolute atomic E-state index is 0.122. The summed E-state index contributed by atoms with van der Waals surface area (Å²) in [5.41, 5.74) is -1.79. The fourth-order valence-electron chi connectivity index (χ4n) is 3.08. The maximum atomic E-state index is 14.0. The lowest BCUT2D eigenvalue weighted by molar-refractivity contribution is -0.133. The quantitative estimate of drug-likeness (QED) is 0.868. The highest BCUT2D eigenvalue weighted by Crippen LogP contribution is 2.31. The van der Waals surface area contributed by atoms with Gasteiger partial charge in [0.1, 0.15) is 17.2 Å². The van der Waals surface area contributed by atoms with Gasteiger partial charge >= 0.3 is 6.03 Å². The predicted octanol–water partition coefficient (Wildman–Crippen LogP) is 2.30. The van der Waals surface area contributed by atoms with Crippen molar-refractivity contribution in [1.29, 1.82) is 0 Å². The van der Waals surface area contributed by atoms with Gasteiger partial charge in [0.05, 0.1) is 12.6 Å². The van der Waals surface area contributed by atoms with E-state index in [4.69, 9.17) is 4.74 Å². The second-order valence-electron chi connectivity index (χ2n) is 6.08. The summed E-state index contributed by atoms with van der Waals surface area (Å²) in [6.45, 7) is 2.11. The molecule has 1 aromatic carbocycles. The zero-order valence-corrected chi connectivity index (χ0v) is 12.8. The van der Waals surface area contributed by atoms with E-state index >= 15 is 0 Å². The molecule has 5 nitrogen and oxygen atoms in total. The number of benzene rings is 1. The zero-order chi connectivity index (χ0) is 16.6. The summed E-state index contributed by atoms with van der Waals surface area (Å²) >= 11 is 0. The second-order valence-corrected chi connectivity index (χ2v) is 6.08. The number of rotatable bonds is 3. The minimum atomic E-state index is -1.61. The Kier molecular flexibility index (Phi) is 4.06. The molecule has 0 bridgehead atoms. The fraction of sp³-hybridized carbons (Fsp3) is 0.500. The zero-order valence-electron chi connectivity index (χ0n) is 12.8. The molecule has 7 heteroatoms. The number of carbonyl (C=O) groups is 2. The van der Waals surface area contributed by atoms with E-state index in [9.17, 15) is 18.4 Å². The maximum Gasteiger partial charge on any atom is 0.325 e. The molecule has 2 heterocycles. The van der Waals surface area contributed by atoms with Crippen LogP contribution in [0.4, 0.5) is 13.6 Å². The number of ether oxygens (including phenoxy) is 1. The molecule has 3 amide bonds. The third kappa shape index (κ3) is 2.81. The molecule has 0 spiro atoms. The average Bonchev–Trinajstić information content (AvgIpc) is 2.75. The Morgan fingerprint density at radius 2 is 2.13 bits per heavy atom. The van der Waals surface area contributed by atoms with Crippen molar-refractivity contribution < 1.29 is 23.1 Å². The van der Waals surface area contributed by atoms with Crippen LogP contribution in [0.2, 0.25) is 0 Å². The molecule has 2 fully saturated rings. The first-order valence-electron chi connectivity index (χ1n) is 7.63. The number of nitrogens with one attached hydrogen (secondary N) is 1. The Hall–Kier alpha value is -2.02. The van der Waals surface area contributed by atoms with E-state index in [2.05, 4.69) is 5.32 Å². The standard InChI is InChI=1S/C16H18F2N2O3/c1-16(12-8-10(17)5-6-13(12)18)14(21)20(15(22)19-16)9-11-4-2-3-7-23-11/h5-6,8,11H,2-4,7,9H2,1H3,(H,19,22)/t11-,16-/m1/s1. The molecular weight excluding hydrogens is 306 g/mol. The number of hydrogen-bond donors (Lipinski definition) is 1. The minimum Gasteiger partial charge on any atom is -0.376 e. The first-order valence-corrected chi connectivity index (χ1v) is 7.63. The van der Waals surface area contributed by atoms with Crippen LogP contribution < -0.4 is 5.32 Å². The van der Waals surface area contributed by atoms with Gasteiger partial charge in [0.15, 0.2) is 0 Å². The van der Waals surface area contributed by atoms with Gasteiger partial charge in [-0.1, -0.05) is 0 Å². The topological polar surface area (TPSA) is 58.6 Å². The normalized spacial score (nSPS) is 28.1. The van der Waals surface area contributed by atoms with Crippen molar-refractivity contribution in [2.75, 3.05) is 13.2 Å². The predicted molar refractivity (Wildman–Crippen MR) is 77.5 cm³/mol. The van der Waals surface area contributed by atoms with Crippen molar-refractivity contribution in [3.8, 4) is 0 Å². The van der Waals surface area contributed by atoms with E-state index in [1.165, 1.54) is 6.92 Å². The van der Waals surface area contributed by atoms with Crippen molar-refractivity contribution in [1.82, 2.24) is 10.2 Å². The summed E-state index contributed by atoms with van der Waals surface area (Å²) in [6, 6.07) is 2.24. The molecular formula is C16H18F2N2O3. The van der Waals surface area contributed by atoms with Gasteiger partial charge in [-0.15, -0.1) is 0 Å². The van der Waals surface area contributed by atoms with Crippen molar-refractivity contribution in [2.45, 2.75) is 37.8 Å². The number of imide groups is 1. The van der Waals surface area contributed by atoms with Crippen LogP contribution in [0.5, 0.6) is 0 Å². The first-order chi connectivity index (χ1) is 10.9. The molecule has 0 unspecified atom stereocenters. The van der Waals surface area contributed by atoms with Crippen LogP contribution in [0.3, 0.4) is 0 Å². The van der Waals surface area contributed by atoms with Gasteiger partial charge in [0, 0.05) is 12.2 Å². The average molecular weight is 324 g/mol. The van der Waals surface area contributed by atoms with E-state index in [1.807, 2.05) is 0 Å². The molecule has 124 valence electrons. The lowest BCUT2D eigenvalue weighted by Gasteiger charge is -2.27. The Bertz CT molecular complexity index is 646. The lowest BCUT2D eigenvalue weighted by atomic mass is 9.91. The van der Waals surface area contributed by atoms with Gasteiger partial charge in [-0.25, -0.2) is 13.6 Å². The molecule has 0 saturated carbocycles. The summed E-state index contributed by atoms with van der Waals surface area (Å²) in [6.07, 6.45) is 2.49. The Balaban J connectivity index is 1.85. The van der Waals surface area contributed by atoms with Crippen LogP contribution in [0, 0.1) is 11.6 Å². The van der Waals surface area contributed by atoms with E-state index in [-0.39, 0.29) is 18.2 Å². The van der Waals surface area contributed by atoms with E-state index in [0.29, 0.717) is 6.61 Å². The Labute approximate surface area is 132 Å². The molecule has 1 N–H and O–H groups in total. The van der Waals surface area contributed by atoms with Crippen molar-refractivity contribution >= 4 is 11.9 Å². The summed E-state index contributed by atoms with van der Waals surface area (Å²) in [4.78, 5) is 25.9. The SMILES string of the molecule is C[C@]1(c2cc(F)ccc2F)NC(=O)N(C[C@H]2CCCCO2)C1=O. The summed E-state index contributed by atoms with van der Waals surface area (Å²) in [5, 5.41) is 2.48. The molecule has 1 aromatic rings. The molecule has 23 heavy (non-hydrogen) atoms. The number of urea groups is 1.